The molecule has 0 aliphatic rings. The van der Waals surface area contributed by atoms with Gasteiger partial charge in [0.2, 0.25) is 0 Å². The van der Waals surface area contributed by atoms with Crippen LogP contribution in [0.3, 0.4) is 0 Å². The van der Waals surface area contributed by atoms with E-state index in [1.165, 1.54) is 0 Å². The van der Waals surface area contributed by atoms with Crippen LogP contribution < -0.4 is 0 Å². The van der Waals surface area contributed by atoms with Crippen LogP contribution in [0, 0.1) is 0 Å². The summed E-state index contributed by atoms with van der Waals surface area (Å²) < 4.78 is 0. The van der Waals surface area contributed by atoms with Crippen molar-refractivity contribution in [2.24, 2.45) is 0 Å². The van der Waals surface area contributed by atoms with Crippen LogP contribution in [0.15, 0.2) is 11.6 Å². The number of rotatable bonds is 5. The Morgan fingerprint density at radius 3 is 2.55 bits per heavy atom. The second-order valence-electron chi connectivity index (χ2n) is 3.01. The molecule has 0 aliphatic heterocycles. The monoisotopic (exact) mass is 156 g/mol. The van der Waals surface area contributed by atoms with Gasteiger partial charge in [0.1, 0.15) is 0 Å². The fourth-order valence-electron chi connectivity index (χ4n) is 1.08. The van der Waals surface area contributed by atoms with Crippen molar-refractivity contribution in [2.75, 3.05) is 0 Å². The summed E-state index contributed by atoms with van der Waals surface area (Å²) >= 11 is 0. The molecule has 1 N–H and O–H groups in total. The Kier molecular flexibility index (Phi) is 6.24. The fraction of sp³-hybridized carbons (Fsp3) is 0.800. The maximum absolute atomic E-state index is 9.51. The summed E-state index contributed by atoms with van der Waals surface area (Å²) in [6.07, 6.45) is 6.12. The molecular formula is C10H20O. The van der Waals surface area contributed by atoms with Gasteiger partial charge in [0.15, 0.2) is 0 Å². The number of hydrogen-bond donors (Lipinski definition) is 1. The molecule has 0 aromatic rings. The molecule has 0 amide bonds. The normalized spacial score (nSPS) is 15.1. The lowest BCUT2D eigenvalue weighted by Gasteiger charge is -2.09. The van der Waals surface area contributed by atoms with Crippen LogP contribution in [0.25, 0.3) is 0 Å². The van der Waals surface area contributed by atoms with Crippen molar-refractivity contribution in [3.8, 4) is 0 Å². The Bertz CT molecular complexity index is 116. The molecule has 0 fully saturated rings. The Balaban J connectivity index is 3.63. The standard InChI is InChI=1S/C10H20O/c1-4-6-8-10(11)9(3)7-5-2/h7,10-11H,4-6,8H2,1-3H3/b9-7+. The maximum Gasteiger partial charge on any atom is 0.0747 e. The van der Waals surface area contributed by atoms with E-state index in [0.717, 1.165) is 31.3 Å². The van der Waals surface area contributed by atoms with Crippen molar-refractivity contribution in [1.29, 1.82) is 0 Å². The second kappa shape index (κ2) is 6.41. The van der Waals surface area contributed by atoms with Gasteiger partial charge in [-0.05, 0) is 25.3 Å². The molecule has 66 valence electrons. The van der Waals surface area contributed by atoms with Crippen LogP contribution in [-0.2, 0) is 0 Å². The van der Waals surface area contributed by atoms with Crippen LogP contribution >= 0.6 is 0 Å². The average molecular weight is 156 g/mol. The van der Waals surface area contributed by atoms with E-state index in [0.29, 0.717) is 0 Å². The summed E-state index contributed by atoms with van der Waals surface area (Å²) in [7, 11) is 0. The third kappa shape index (κ3) is 5.02. The minimum absolute atomic E-state index is 0.199. The lowest BCUT2D eigenvalue weighted by molar-refractivity contribution is 0.196. The van der Waals surface area contributed by atoms with Crippen molar-refractivity contribution in [3.63, 3.8) is 0 Å². The molecule has 0 radical (unpaired) electrons. The van der Waals surface area contributed by atoms with E-state index >= 15 is 0 Å². The van der Waals surface area contributed by atoms with E-state index in [1.54, 1.807) is 0 Å². The predicted molar refractivity (Wildman–Crippen MR) is 49.6 cm³/mol. The highest BCUT2D eigenvalue weighted by molar-refractivity contribution is 5.03. The van der Waals surface area contributed by atoms with Crippen molar-refractivity contribution >= 4 is 0 Å². The Labute approximate surface area is 70.1 Å². The van der Waals surface area contributed by atoms with E-state index in [2.05, 4.69) is 19.9 Å². The van der Waals surface area contributed by atoms with Gasteiger partial charge in [0.05, 0.1) is 6.10 Å². The smallest absolute Gasteiger partial charge is 0.0747 e. The average Bonchev–Trinajstić information content (AvgIpc) is 2.00. The molecule has 0 aliphatic carbocycles. The summed E-state index contributed by atoms with van der Waals surface area (Å²) in [5.41, 5.74) is 1.13. The predicted octanol–water partition coefficient (Wildman–Crippen LogP) is 2.89. The van der Waals surface area contributed by atoms with Crippen molar-refractivity contribution < 1.29 is 5.11 Å². The first-order valence-corrected chi connectivity index (χ1v) is 4.57. The van der Waals surface area contributed by atoms with Crippen LogP contribution in [0.5, 0.6) is 0 Å². The lowest BCUT2D eigenvalue weighted by Crippen LogP contribution is -2.07. The molecule has 0 bridgehead atoms. The van der Waals surface area contributed by atoms with E-state index in [1.807, 2.05) is 6.92 Å². The number of allylic oxidation sites excluding steroid dienone is 1. The summed E-state index contributed by atoms with van der Waals surface area (Å²) in [6, 6.07) is 0. The van der Waals surface area contributed by atoms with Gasteiger partial charge in [-0.1, -0.05) is 32.8 Å². The minimum Gasteiger partial charge on any atom is -0.389 e. The first-order chi connectivity index (χ1) is 5.22. The number of hydrogen-bond acceptors (Lipinski definition) is 1. The first kappa shape index (κ1) is 10.7. The highest BCUT2D eigenvalue weighted by Crippen LogP contribution is 2.09. The third-order valence-electron chi connectivity index (χ3n) is 1.88. The van der Waals surface area contributed by atoms with E-state index < -0.39 is 0 Å². The molecule has 1 atom stereocenters. The highest BCUT2D eigenvalue weighted by atomic mass is 16.3. The zero-order chi connectivity index (χ0) is 8.69. The Morgan fingerprint density at radius 2 is 2.09 bits per heavy atom. The van der Waals surface area contributed by atoms with Gasteiger partial charge in [-0.2, -0.15) is 0 Å². The quantitative estimate of drug-likeness (QED) is 0.607. The van der Waals surface area contributed by atoms with Crippen LogP contribution in [0.2, 0.25) is 0 Å². The molecule has 11 heavy (non-hydrogen) atoms. The molecular weight excluding hydrogens is 136 g/mol. The molecule has 0 heterocycles. The fourth-order valence-corrected chi connectivity index (χ4v) is 1.08. The highest BCUT2D eigenvalue weighted by Gasteiger charge is 2.03. The van der Waals surface area contributed by atoms with E-state index in [-0.39, 0.29) is 6.10 Å². The van der Waals surface area contributed by atoms with Gasteiger partial charge in [0.25, 0.3) is 0 Å². The summed E-state index contributed by atoms with van der Waals surface area (Å²) in [5, 5.41) is 9.51. The molecule has 0 rings (SSSR count). The van der Waals surface area contributed by atoms with Crippen LogP contribution in [-0.4, -0.2) is 11.2 Å². The molecule has 0 saturated heterocycles. The number of aliphatic hydroxyl groups is 1. The van der Waals surface area contributed by atoms with E-state index in [4.69, 9.17) is 0 Å². The molecule has 0 spiro atoms. The van der Waals surface area contributed by atoms with Crippen molar-refractivity contribution in [3.05, 3.63) is 11.6 Å². The number of aliphatic hydroxyl groups excluding tert-OH is 1. The SMILES string of the molecule is CC/C=C(\C)C(O)CCCC. The Morgan fingerprint density at radius 1 is 1.45 bits per heavy atom. The minimum atomic E-state index is -0.199. The van der Waals surface area contributed by atoms with Crippen LogP contribution in [0.1, 0.15) is 46.5 Å². The van der Waals surface area contributed by atoms with Gasteiger partial charge in [-0.25, -0.2) is 0 Å². The molecule has 1 heteroatoms. The first-order valence-electron chi connectivity index (χ1n) is 4.57. The lowest BCUT2D eigenvalue weighted by atomic mass is 10.1. The van der Waals surface area contributed by atoms with Gasteiger partial charge in [-0.3, -0.25) is 0 Å². The van der Waals surface area contributed by atoms with Crippen molar-refractivity contribution in [2.45, 2.75) is 52.6 Å². The second-order valence-corrected chi connectivity index (χ2v) is 3.01. The molecule has 1 unspecified atom stereocenters. The maximum atomic E-state index is 9.51. The van der Waals surface area contributed by atoms with Gasteiger partial charge in [-0.15, -0.1) is 0 Å². The van der Waals surface area contributed by atoms with Crippen LogP contribution in [0.4, 0.5) is 0 Å². The summed E-state index contributed by atoms with van der Waals surface area (Å²) in [4.78, 5) is 0. The molecule has 0 aromatic heterocycles. The van der Waals surface area contributed by atoms with Crippen molar-refractivity contribution in [1.82, 2.24) is 0 Å². The van der Waals surface area contributed by atoms with E-state index in [9.17, 15) is 5.11 Å². The topological polar surface area (TPSA) is 20.2 Å². The molecule has 0 aromatic carbocycles. The molecule has 1 nitrogen and oxygen atoms in total. The van der Waals surface area contributed by atoms with Gasteiger partial charge >= 0.3 is 0 Å². The number of unbranched alkanes of at least 4 members (excludes halogenated alkanes) is 1. The zero-order valence-corrected chi connectivity index (χ0v) is 7.93. The largest absolute Gasteiger partial charge is 0.389 e. The summed E-state index contributed by atoms with van der Waals surface area (Å²) in [6.45, 7) is 6.24. The third-order valence-corrected chi connectivity index (χ3v) is 1.88. The zero-order valence-electron chi connectivity index (χ0n) is 7.93. The summed E-state index contributed by atoms with van der Waals surface area (Å²) in [5.74, 6) is 0. The Hall–Kier alpha value is -0.300. The van der Waals surface area contributed by atoms with Gasteiger partial charge < -0.3 is 5.11 Å². The molecule has 0 saturated carbocycles. The van der Waals surface area contributed by atoms with Gasteiger partial charge in [0, 0.05) is 0 Å².